The van der Waals surface area contributed by atoms with Crippen LogP contribution in [0.2, 0.25) is 0 Å². The maximum absolute atomic E-state index is 12.9. The summed E-state index contributed by atoms with van der Waals surface area (Å²) in [6.07, 6.45) is 2.47. The first kappa shape index (κ1) is 16.0. The Bertz CT molecular complexity index is 604. The monoisotopic (exact) mass is 315 g/mol. The third kappa shape index (κ3) is 3.11. The molecule has 1 aromatic heterocycles. The number of carbonyl (C=O) groups is 1. The first-order valence-corrected chi connectivity index (χ1v) is 8.42. The highest BCUT2D eigenvalue weighted by Gasteiger charge is 2.37. The first-order valence-electron chi connectivity index (χ1n) is 6.98. The van der Waals surface area contributed by atoms with Crippen molar-refractivity contribution in [3.63, 3.8) is 0 Å². The van der Waals surface area contributed by atoms with Gasteiger partial charge in [0.1, 0.15) is 4.90 Å². The van der Waals surface area contributed by atoms with Crippen LogP contribution in [-0.2, 0) is 19.6 Å². The van der Waals surface area contributed by atoms with Crippen LogP contribution in [-0.4, -0.2) is 48.6 Å². The third-order valence-corrected chi connectivity index (χ3v) is 6.05. The van der Waals surface area contributed by atoms with E-state index in [-0.39, 0.29) is 23.3 Å². The van der Waals surface area contributed by atoms with E-state index in [2.05, 4.69) is 14.9 Å². The number of methoxy groups -OCH3 is 1. The average molecular weight is 315 g/mol. The summed E-state index contributed by atoms with van der Waals surface area (Å²) in [5, 5.41) is 6.66. The molecule has 2 rings (SSSR count). The number of hydrogen-bond acceptors (Lipinski definition) is 5. The molecule has 1 fully saturated rings. The molecule has 0 aromatic carbocycles. The molecule has 1 aliphatic rings. The van der Waals surface area contributed by atoms with E-state index in [1.165, 1.54) is 11.4 Å². The van der Waals surface area contributed by atoms with E-state index in [9.17, 15) is 13.2 Å². The molecule has 0 saturated carbocycles. The van der Waals surface area contributed by atoms with Gasteiger partial charge in [0.25, 0.3) is 0 Å². The van der Waals surface area contributed by atoms with E-state index in [1.807, 2.05) is 0 Å². The zero-order valence-electron chi connectivity index (χ0n) is 12.5. The SMILES string of the molecule is COC(=O)CC1CCCCN1S(=O)(=O)c1c(C)n[nH]c1C. The highest BCUT2D eigenvalue weighted by molar-refractivity contribution is 7.89. The minimum Gasteiger partial charge on any atom is -0.469 e. The zero-order chi connectivity index (χ0) is 15.6. The van der Waals surface area contributed by atoms with Crippen LogP contribution in [0.1, 0.15) is 37.1 Å². The van der Waals surface area contributed by atoms with Crippen molar-refractivity contribution in [2.75, 3.05) is 13.7 Å². The molecule has 0 radical (unpaired) electrons. The lowest BCUT2D eigenvalue weighted by Gasteiger charge is -2.34. The molecular formula is C13H21N3O4S. The van der Waals surface area contributed by atoms with Crippen molar-refractivity contribution in [3.05, 3.63) is 11.4 Å². The van der Waals surface area contributed by atoms with Crippen molar-refractivity contribution in [1.82, 2.24) is 14.5 Å². The largest absolute Gasteiger partial charge is 0.469 e. The van der Waals surface area contributed by atoms with Gasteiger partial charge in [-0.15, -0.1) is 0 Å². The van der Waals surface area contributed by atoms with Gasteiger partial charge in [-0.1, -0.05) is 6.42 Å². The van der Waals surface area contributed by atoms with E-state index in [0.29, 0.717) is 24.4 Å². The number of hydrogen-bond donors (Lipinski definition) is 1. The van der Waals surface area contributed by atoms with Gasteiger partial charge in [0.2, 0.25) is 10.0 Å². The van der Waals surface area contributed by atoms with Gasteiger partial charge in [0.05, 0.1) is 24.9 Å². The molecule has 118 valence electrons. The fraction of sp³-hybridized carbons (Fsp3) is 0.692. The van der Waals surface area contributed by atoms with Crippen LogP contribution in [0, 0.1) is 13.8 Å². The van der Waals surface area contributed by atoms with Gasteiger partial charge < -0.3 is 4.74 Å². The Hall–Kier alpha value is -1.41. The van der Waals surface area contributed by atoms with Gasteiger partial charge in [-0.2, -0.15) is 9.40 Å². The number of rotatable bonds is 4. The second-order valence-corrected chi connectivity index (χ2v) is 7.14. The van der Waals surface area contributed by atoms with Crippen molar-refractivity contribution < 1.29 is 17.9 Å². The minimum atomic E-state index is -3.65. The van der Waals surface area contributed by atoms with Crippen LogP contribution in [0.15, 0.2) is 4.90 Å². The number of ether oxygens (including phenoxy) is 1. The van der Waals surface area contributed by atoms with Crippen molar-refractivity contribution >= 4 is 16.0 Å². The van der Waals surface area contributed by atoms with Gasteiger partial charge in [0, 0.05) is 12.6 Å². The highest BCUT2D eigenvalue weighted by atomic mass is 32.2. The van der Waals surface area contributed by atoms with Crippen LogP contribution in [0.25, 0.3) is 0 Å². The van der Waals surface area contributed by atoms with Gasteiger partial charge in [0.15, 0.2) is 0 Å². The standard InChI is InChI=1S/C13H21N3O4S/c1-9-13(10(2)15-14-9)21(18,19)16-7-5-4-6-11(16)8-12(17)20-3/h11H,4-8H2,1-3H3,(H,14,15). The van der Waals surface area contributed by atoms with Crippen molar-refractivity contribution in [2.45, 2.75) is 50.5 Å². The Morgan fingerprint density at radius 1 is 1.43 bits per heavy atom. The van der Waals surface area contributed by atoms with Crippen LogP contribution in [0.4, 0.5) is 0 Å². The lowest BCUT2D eigenvalue weighted by molar-refractivity contribution is -0.141. The number of aromatic nitrogens is 2. The number of carbonyl (C=O) groups excluding carboxylic acids is 1. The number of H-pyrrole nitrogens is 1. The number of esters is 1. The van der Waals surface area contributed by atoms with Gasteiger partial charge >= 0.3 is 5.97 Å². The second kappa shape index (κ2) is 6.15. The second-order valence-electron chi connectivity index (χ2n) is 5.31. The predicted molar refractivity (Wildman–Crippen MR) is 76.2 cm³/mol. The summed E-state index contributed by atoms with van der Waals surface area (Å²) in [5.74, 6) is -0.386. The van der Waals surface area contributed by atoms with Crippen molar-refractivity contribution in [3.8, 4) is 0 Å². The summed E-state index contributed by atoms with van der Waals surface area (Å²) < 4.78 is 31.9. The van der Waals surface area contributed by atoms with Gasteiger partial charge in [-0.05, 0) is 26.7 Å². The van der Waals surface area contributed by atoms with Gasteiger partial charge in [-0.3, -0.25) is 9.89 Å². The first-order chi connectivity index (χ1) is 9.87. The molecule has 1 unspecified atom stereocenters. The number of piperidine rings is 1. The maximum atomic E-state index is 12.9. The molecule has 8 heteroatoms. The molecule has 7 nitrogen and oxygen atoms in total. The minimum absolute atomic E-state index is 0.0890. The van der Waals surface area contributed by atoms with Crippen molar-refractivity contribution in [1.29, 1.82) is 0 Å². The number of aryl methyl sites for hydroxylation is 2. The molecule has 2 heterocycles. The van der Waals surface area contributed by atoms with E-state index in [1.54, 1.807) is 13.8 Å². The Kier molecular flexibility index (Phi) is 4.67. The molecule has 21 heavy (non-hydrogen) atoms. The smallest absolute Gasteiger partial charge is 0.307 e. The fourth-order valence-electron chi connectivity index (χ4n) is 2.81. The Balaban J connectivity index is 2.34. The highest BCUT2D eigenvalue weighted by Crippen LogP contribution is 2.29. The maximum Gasteiger partial charge on any atom is 0.307 e. The van der Waals surface area contributed by atoms with E-state index < -0.39 is 10.0 Å². The molecule has 0 bridgehead atoms. The van der Waals surface area contributed by atoms with E-state index in [4.69, 9.17) is 0 Å². The summed E-state index contributed by atoms with van der Waals surface area (Å²) in [6, 6.07) is -0.343. The quantitative estimate of drug-likeness (QED) is 0.841. The van der Waals surface area contributed by atoms with Crippen molar-refractivity contribution in [2.24, 2.45) is 0 Å². The molecule has 1 atom stereocenters. The average Bonchev–Trinajstić information content (AvgIpc) is 2.79. The molecular weight excluding hydrogens is 294 g/mol. The topological polar surface area (TPSA) is 92.4 Å². The normalized spacial score (nSPS) is 20.4. The molecule has 0 aliphatic carbocycles. The number of aromatic amines is 1. The van der Waals surface area contributed by atoms with Crippen LogP contribution < -0.4 is 0 Å². The number of sulfonamides is 1. The Morgan fingerprint density at radius 3 is 2.71 bits per heavy atom. The van der Waals surface area contributed by atoms with E-state index >= 15 is 0 Å². The van der Waals surface area contributed by atoms with Crippen LogP contribution in [0.3, 0.4) is 0 Å². The number of nitrogens with one attached hydrogen (secondary N) is 1. The fourth-order valence-corrected chi connectivity index (χ4v) is 4.84. The predicted octanol–water partition coefficient (Wildman–Crippen LogP) is 1.13. The molecule has 1 aromatic rings. The van der Waals surface area contributed by atoms with Crippen LogP contribution in [0.5, 0.6) is 0 Å². The zero-order valence-corrected chi connectivity index (χ0v) is 13.4. The summed E-state index contributed by atoms with van der Waals surface area (Å²) in [5.41, 5.74) is 0.977. The summed E-state index contributed by atoms with van der Waals surface area (Å²) in [6.45, 7) is 3.77. The third-order valence-electron chi connectivity index (χ3n) is 3.83. The summed E-state index contributed by atoms with van der Waals surface area (Å²) in [7, 11) is -2.34. The lowest BCUT2D eigenvalue weighted by atomic mass is 10.0. The lowest BCUT2D eigenvalue weighted by Crippen LogP contribution is -2.45. The summed E-state index contributed by atoms with van der Waals surface area (Å²) in [4.78, 5) is 11.7. The molecule has 0 spiro atoms. The molecule has 1 aliphatic heterocycles. The molecule has 1 N–H and O–H groups in total. The molecule has 0 amide bonds. The Morgan fingerprint density at radius 2 is 2.14 bits per heavy atom. The molecule has 1 saturated heterocycles. The number of nitrogens with zero attached hydrogens (tertiary/aromatic N) is 2. The summed E-state index contributed by atoms with van der Waals surface area (Å²) >= 11 is 0. The van der Waals surface area contributed by atoms with Gasteiger partial charge in [-0.25, -0.2) is 8.42 Å². The van der Waals surface area contributed by atoms with Crippen LogP contribution >= 0.6 is 0 Å². The Labute approximate surface area is 124 Å². The van der Waals surface area contributed by atoms with E-state index in [0.717, 1.165) is 12.8 Å².